The van der Waals surface area contributed by atoms with Gasteiger partial charge >= 0.3 is 0 Å². The Morgan fingerprint density at radius 2 is 1.20 bits per heavy atom. The number of carbonyl (C=O) groups excluding carboxylic acids is 2. The van der Waals surface area contributed by atoms with Crippen LogP contribution in [0.15, 0.2) is 45.3 Å². The summed E-state index contributed by atoms with van der Waals surface area (Å²) in [5.41, 5.74) is 0. The first-order valence-corrected chi connectivity index (χ1v) is 11.3. The number of ether oxygens (including phenoxy) is 2. The van der Waals surface area contributed by atoms with Crippen molar-refractivity contribution in [1.29, 1.82) is 0 Å². The van der Waals surface area contributed by atoms with Gasteiger partial charge in [-0.3, -0.25) is 9.59 Å². The van der Waals surface area contributed by atoms with Crippen LogP contribution in [0.2, 0.25) is 10.0 Å². The Bertz CT molecular complexity index is 841. The molecule has 162 valence electrons. The Labute approximate surface area is 201 Å². The van der Waals surface area contributed by atoms with E-state index in [0.29, 0.717) is 30.5 Å². The minimum absolute atomic E-state index is 0.247. The first-order valence-electron chi connectivity index (χ1n) is 8.96. The molecule has 2 atom stereocenters. The maximum atomic E-state index is 12.2. The number of hydrogen-bond acceptors (Lipinski definition) is 4. The molecule has 0 aliphatic heterocycles. The van der Waals surface area contributed by atoms with Crippen molar-refractivity contribution in [3.05, 3.63) is 55.4 Å². The van der Waals surface area contributed by atoms with Gasteiger partial charge in [-0.15, -0.1) is 0 Å². The third-order valence-electron chi connectivity index (χ3n) is 3.86. The zero-order valence-electron chi connectivity index (χ0n) is 16.2. The molecule has 2 aromatic rings. The second-order valence-electron chi connectivity index (χ2n) is 6.25. The van der Waals surface area contributed by atoms with E-state index in [4.69, 9.17) is 32.7 Å². The molecular weight excluding hydrogens is 563 g/mol. The van der Waals surface area contributed by atoms with Crippen molar-refractivity contribution >= 4 is 66.9 Å². The molecule has 6 nitrogen and oxygen atoms in total. The predicted octanol–water partition coefficient (Wildman–Crippen LogP) is 4.99. The van der Waals surface area contributed by atoms with Gasteiger partial charge in [0.05, 0.1) is 8.95 Å². The fourth-order valence-electron chi connectivity index (χ4n) is 2.29. The van der Waals surface area contributed by atoms with Crippen LogP contribution in [-0.4, -0.2) is 37.1 Å². The van der Waals surface area contributed by atoms with Crippen molar-refractivity contribution in [1.82, 2.24) is 10.6 Å². The molecule has 0 radical (unpaired) electrons. The quantitative estimate of drug-likeness (QED) is 0.409. The summed E-state index contributed by atoms with van der Waals surface area (Å²) < 4.78 is 12.6. The van der Waals surface area contributed by atoms with E-state index in [-0.39, 0.29) is 24.9 Å². The fourth-order valence-corrected chi connectivity index (χ4v) is 3.84. The van der Waals surface area contributed by atoms with Crippen molar-refractivity contribution in [2.45, 2.75) is 26.1 Å². The van der Waals surface area contributed by atoms with Crippen LogP contribution in [-0.2, 0) is 9.59 Å². The van der Waals surface area contributed by atoms with Crippen molar-refractivity contribution in [3.8, 4) is 11.5 Å². The lowest BCUT2D eigenvalue weighted by atomic mass is 10.3. The SMILES string of the molecule is CC(Oc1ccc(Cl)cc1Br)C(=O)NCCNC(=O)C(C)Oc1ccc(Cl)cc1Br. The Balaban J connectivity index is 1.72. The molecule has 0 bridgehead atoms. The van der Waals surface area contributed by atoms with Gasteiger partial charge in [-0.2, -0.15) is 0 Å². The highest BCUT2D eigenvalue weighted by Crippen LogP contribution is 2.29. The monoisotopic (exact) mass is 580 g/mol. The van der Waals surface area contributed by atoms with E-state index in [0.717, 1.165) is 0 Å². The van der Waals surface area contributed by atoms with Crippen LogP contribution in [0, 0.1) is 0 Å². The van der Waals surface area contributed by atoms with Gasteiger partial charge in [0.15, 0.2) is 12.2 Å². The molecule has 30 heavy (non-hydrogen) atoms. The highest BCUT2D eigenvalue weighted by molar-refractivity contribution is 9.10. The maximum absolute atomic E-state index is 12.2. The van der Waals surface area contributed by atoms with Crippen molar-refractivity contribution in [3.63, 3.8) is 0 Å². The van der Waals surface area contributed by atoms with E-state index >= 15 is 0 Å². The summed E-state index contributed by atoms with van der Waals surface area (Å²) in [7, 11) is 0. The van der Waals surface area contributed by atoms with Gasteiger partial charge < -0.3 is 20.1 Å². The van der Waals surface area contributed by atoms with E-state index in [1.54, 1.807) is 50.2 Å². The molecule has 2 aromatic carbocycles. The van der Waals surface area contributed by atoms with Gasteiger partial charge in [0, 0.05) is 23.1 Å². The van der Waals surface area contributed by atoms with Crippen LogP contribution in [0.1, 0.15) is 13.8 Å². The molecule has 0 aliphatic rings. The molecular formula is C20H20Br2Cl2N2O4. The second kappa shape index (κ2) is 11.8. The van der Waals surface area contributed by atoms with Gasteiger partial charge in [0.25, 0.3) is 11.8 Å². The summed E-state index contributed by atoms with van der Waals surface area (Å²) in [6, 6.07) is 10.1. The summed E-state index contributed by atoms with van der Waals surface area (Å²) in [6.07, 6.45) is -1.44. The minimum Gasteiger partial charge on any atom is -0.480 e. The fraction of sp³-hybridized carbons (Fsp3) is 0.300. The van der Waals surface area contributed by atoms with E-state index in [1.807, 2.05) is 0 Å². The standard InChI is InChI=1S/C20H20Br2Cl2N2O4/c1-11(29-17-5-3-13(23)9-15(17)21)19(27)25-7-8-26-20(28)12(2)30-18-6-4-14(24)10-16(18)22/h3-6,9-12H,7-8H2,1-2H3,(H,25,27)(H,26,28). The summed E-state index contributed by atoms with van der Waals surface area (Å²) in [5, 5.41) is 6.54. The Morgan fingerprint density at radius 3 is 1.53 bits per heavy atom. The molecule has 2 N–H and O–H groups in total. The highest BCUT2D eigenvalue weighted by atomic mass is 79.9. The van der Waals surface area contributed by atoms with Crippen molar-refractivity contribution in [2.24, 2.45) is 0 Å². The molecule has 2 amide bonds. The molecule has 0 aromatic heterocycles. The summed E-state index contributed by atoms with van der Waals surface area (Å²) in [4.78, 5) is 24.4. The van der Waals surface area contributed by atoms with Crippen LogP contribution in [0.3, 0.4) is 0 Å². The predicted molar refractivity (Wildman–Crippen MR) is 125 cm³/mol. The van der Waals surface area contributed by atoms with Crippen LogP contribution >= 0.6 is 55.1 Å². The number of rotatable bonds is 9. The smallest absolute Gasteiger partial charge is 0.260 e. The first-order chi connectivity index (χ1) is 14.2. The molecule has 0 heterocycles. The largest absolute Gasteiger partial charge is 0.480 e. The molecule has 0 fully saturated rings. The van der Waals surface area contributed by atoms with Gasteiger partial charge in [0.1, 0.15) is 11.5 Å². The molecule has 10 heteroatoms. The average Bonchev–Trinajstić information content (AvgIpc) is 2.68. The Morgan fingerprint density at radius 1 is 0.833 bits per heavy atom. The lowest BCUT2D eigenvalue weighted by molar-refractivity contribution is -0.129. The third-order valence-corrected chi connectivity index (χ3v) is 5.57. The lowest BCUT2D eigenvalue weighted by Crippen LogP contribution is -2.43. The highest BCUT2D eigenvalue weighted by Gasteiger charge is 2.18. The third kappa shape index (κ3) is 7.65. The Hall–Kier alpha value is -1.48. The van der Waals surface area contributed by atoms with Crippen molar-refractivity contribution < 1.29 is 19.1 Å². The van der Waals surface area contributed by atoms with E-state index in [1.165, 1.54) is 0 Å². The van der Waals surface area contributed by atoms with Gasteiger partial charge in [-0.05, 0) is 82.1 Å². The molecule has 0 spiro atoms. The minimum atomic E-state index is -0.720. The van der Waals surface area contributed by atoms with E-state index < -0.39 is 12.2 Å². The summed E-state index contributed by atoms with van der Waals surface area (Å²) in [6.45, 7) is 3.76. The average molecular weight is 583 g/mol. The summed E-state index contributed by atoms with van der Waals surface area (Å²) in [5.74, 6) is 0.408. The van der Waals surface area contributed by atoms with Crippen LogP contribution in [0.4, 0.5) is 0 Å². The number of carbonyl (C=O) groups is 2. The Kier molecular flexibility index (Phi) is 9.74. The topological polar surface area (TPSA) is 76.7 Å². The number of halogens is 4. The maximum Gasteiger partial charge on any atom is 0.260 e. The van der Waals surface area contributed by atoms with Crippen molar-refractivity contribution in [2.75, 3.05) is 13.1 Å². The number of hydrogen-bond donors (Lipinski definition) is 2. The normalized spacial score (nSPS) is 12.6. The van der Waals surface area contributed by atoms with E-state index in [9.17, 15) is 9.59 Å². The molecule has 0 aliphatic carbocycles. The zero-order valence-corrected chi connectivity index (χ0v) is 20.9. The zero-order chi connectivity index (χ0) is 22.3. The lowest BCUT2D eigenvalue weighted by Gasteiger charge is -2.17. The summed E-state index contributed by atoms with van der Waals surface area (Å²) >= 11 is 18.5. The second-order valence-corrected chi connectivity index (χ2v) is 8.83. The number of benzene rings is 2. The van der Waals surface area contributed by atoms with Crippen LogP contribution < -0.4 is 20.1 Å². The molecule has 2 unspecified atom stereocenters. The molecule has 0 saturated carbocycles. The number of amides is 2. The van der Waals surface area contributed by atoms with E-state index in [2.05, 4.69) is 42.5 Å². The van der Waals surface area contributed by atoms with Gasteiger partial charge in [-0.1, -0.05) is 23.2 Å². The van der Waals surface area contributed by atoms with Crippen LogP contribution in [0.5, 0.6) is 11.5 Å². The molecule has 0 saturated heterocycles. The van der Waals surface area contributed by atoms with Gasteiger partial charge in [0.2, 0.25) is 0 Å². The number of nitrogens with one attached hydrogen (secondary N) is 2. The molecule has 2 rings (SSSR count). The van der Waals surface area contributed by atoms with Crippen LogP contribution in [0.25, 0.3) is 0 Å². The van der Waals surface area contributed by atoms with Gasteiger partial charge in [-0.25, -0.2) is 0 Å². The first kappa shape index (κ1) is 24.8.